The standard InChI is InChI=1S/C20H18Se2/c1-3-9-15(10-4-1)19-20(21-16-11-5-2-6-12-16)17-13-7-8-14-18(17)22-19/h2,5-9,11-14H,1,3-4,10H2. The molecule has 0 amide bonds. The minimum atomic E-state index is 0.420. The van der Waals surface area contributed by atoms with Gasteiger partial charge in [-0.2, -0.15) is 0 Å². The van der Waals surface area contributed by atoms with Gasteiger partial charge in [-0.3, -0.25) is 0 Å². The van der Waals surface area contributed by atoms with Crippen LogP contribution in [-0.4, -0.2) is 29.5 Å². The van der Waals surface area contributed by atoms with Gasteiger partial charge < -0.3 is 0 Å². The second-order valence-corrected chi connectivity index (χ2v) is 10.1. The Kier molecular flexibility index (Phi) is 4.37. The molecule has 3 aromatic rings. The van der Waals surface area contributed by atoms with Crippen LogP contribution < -0.4 is 8.92 Å². The zero-order valence-corrected chi connectivity index (χ0v) is 15.8. The molecule has 2 heteroatoms. The first kappa shape index (κ1) is 14.5. The van der Waals surface area contributed by atoms with Gasteiger partial charge in [0.25, 0.3) is 0 Å². The summed E-state index contributed by atoms with van der Waals surface area (Å²) in [5.74, 6) is 0. The Morgan fingerprint density at radius 3 is 2.50 bits per heavy atom. The molecule has 0 fully saturated rings. The Morgan fingerprint density at radius 1 is 0.864 bits per heavy atom. The molecule has 0 unspecified atom stereocenters. The van der Waals surface area contributed by atoms with E-state index < -0.39 is 0 Å². The Hall–Kier alpha value is -1.04. The molecule has 1 aromatic heterocycles. The van der Waals surface area contributed by atoms with Gasteiger partial charge in [-0.25, -0.2) is 0 Å². The van der Waals surface area contributed by atoms with Crippen LogP contribution in [0.5, 0.6) is 0 Å². The summed E-state index contributed by atoms with van der Waals surface area (Å²) >= 11 is 0.925. The molecule has 0 radical (unpaired) electrons. The van der Waals surface area contributed by atoms with Crippen LogP contribution in [0, 0.1) is 0 Å². The van der Waals surface area contributed by atoms with E-state index >= 15 is 0 Å². The van der Waals surface area contributed by atoms with Crippen LogP contribution in [0.3, 0.4) is 0 Å². The second kappa shape index (κ2) is 6.60. The first-order valence-electron chi connectivity index (χ1n) is 7.86. The van der Waals surface area contributed by atoms with Crippen molar-refractivity contribution >= 4 is 53.6 Å². The van der Waals surface area contributed by atoms with Crippen molar-refractivity contribution in [3.05, 3.63) is 65.1 Å². The molecule has 0 bridgehead atoms. The fraction of sp³-hybridized carbons (Fsp3) is 0.200. The van der Waals surface area contributed by atoms with Gasteiger partial charge in [0, 0.05) is 0 Å². The number of fused-ring (bicyclic) bond motifs is 1. The number of hydrogen-bond donors (Lipinski definition) is 0. The van der Waals surface area contributed by atoms with E-state index in [0.717, 1.165) is 0 Å². The van der Waals surface area contributed by atoms with Crippen LogP contribution in [0.4, 0.5) is 0 Å². The molecular weight excluding hydrogens is 398 g/mol. The van der Waals surface area contributed by atoms with Gasteiger partial charge in [-0.15, -0.1) is 0 Å². The predicted octanol–water partition coefficient (Wildman–Crippen LogP) is 3.51. The van der Waals surface area contributed by atoms with Crippen molar-refractivity contribution in [1.29, 1.82) is 0 Å². The molecule has 0 N–H and O–H groups in total. The van der Waals surface area contributed by atoms with E-state index in [1.165, 1.54) is 35.5 Å². The van der Waals surface area contributed by atoms with Crippen LogP contribution in [-0.2, 0) is 0 Å². The van der Waals surface area contributed by atoms with E-state index in [-0.39, 0.29) is 0 Å². The third-order valence-electron chi connectivity index (χ3n) is 4.10. The third kappa shape index (κ3) is 2.89. The number of rotatable bonds is 3. The van der Waals surface area contributed by atoms with E-state index in [1.807, 2.05) is 0 Å². The Labute approximate surface area is 144 Å². The zero-order chi connectivity index (χ0) is 14.8. The molecule has 1 aliphatic carbocycles. The summed E-state index contributed by atoms with van der Waals surface area (Å²) in [5, 5.41) is 1.54. The summed E-state index contributed by atoms with van der Waals surface area (Å²) in [6, 6.07) is 20.1. The van der Waals surface area contributed by atoms with Gasteiger partial charge in [-0.05, 0) is 0 Å². The van der Waals surface area contributed by atoms with Crippen molar-refractivity contribution in [3.8, 4) is 0 Å². The molecule has 0 saturated carbocycles. The molecule has 4 rings (SSSR count). The maximum absolute atomic E-state index is 2.52. The molecule has 0 aliphatic heterocycles. The monoisotopic (exact) mass is 418 g/mol. The number of benzene rings is 2. The fourth-order valence-electron chi connectivity index (χ4n) is 2.99. The maximum atomic E-state index is 2.52. The fourth-order valence-corrected chi connectivity index (χ4v) is 8.85. The minimum absolute atomic E-state index is 0.420. The van der Waals surface area contributed by atoms with Crippen molar-refractivity contribution in [1.82, 2.24) is 0 Å². The van der Waals surface area contributed by atoms with Crippen LogP contribution >= 0.6 is 0 Å². The average Bonchev–Trinajstić information content (AvgIpc) is 2.95. The van der Waals surface area contributed by atoms with Crippen molar-refractivity contribution in [2.24, 2.45) is 0 Å². The first-order chi connectivity index (χ1) is 10.9. The van der Waals surface area contributed by atoms with Crippen molar-refractivity contribution in [2.75, 3.05) is 0 Å². The van der Waals surface area contributed by atoms with Gasteiger partial charge in [-0.1, -0.05) is 0 Å². The molecular formula is C20H18Se2. The summed E-state index contributed by atoms with van der Waals surface area (Å²) in [4.78, 5) is 0. The van der Waals surface area contributed by atoms with E-state index in [4.69, 9.17) is 0 Å². The topological polar surface area (TPSA) is 0 Å². The molecule has 1 aliphatic rings. The molecule has 0 saturated heterocycles. The van der Waals surface area contributed by atoms with Crippen molar-refractivity contribution in [3.63, 3.8) is 0 Å². The Balaban J connectivity index is 1.84. The van der Waals surface area contributed by atoms with Crippen molar-refractivity contribution < 1.29 is 0 Å². The zero-order valence-electron chi connectivity index (χ0n) is 12.4. The molecule has 2 aromatic carbocycles. The van der Waals surface area contributed by atoms with E-state index in [1.54, 1.807) is 18.7 Å². The summed E-state index contributed by atoms with van der Waals surface area (Å²) in [6.07, 6.45) is 7.83. The van der Waals surface area contributed by atoms with E-state index in [2.05, 4.69) is 60.7 Å². The molecule has 0 spiro atoms. The number of allylic oxidation sites excluding steroid dienone is 2. The summed E-state index contributed by atoms with van der Waals surface area (Å²) in [7, 11) is 0. The molecule has 0 atom stereocenters. The van der Waals surface area contributed by atoms with E-state index in [0.29, 0.717) is 29.5 Å². The van der Waals surface area contributed by atoms with Crippen molar-refractivity contribution in [2.45, 2.75) is 25.7 Å². The molecule has 110 valence electrons. The summed E-state index contributed by atoms with van der Waals surface area (Å²) in [5.41, 5.74) is 1.66. The van der Waals surface area contributed by atoms with Gasteiger partial charge >= 0.3 is 144 Å². The third-order valence-corrected chi connectivity index (χ3v) is 9.75. The van der Waals surface area contributed by atoms with Crippen LogP contribution in [0.1, 0.15) is 30.1 Å². The second-order valence-electron chi connectivity index (χ2n) is 5.65. The van der Waals surface area contributed by atoms with Crippen LogP contribution in [0.15, 0.2) is 60.7 Å². The van der Waals surface area contributed by atoms with Gasteiger partial charge in [0.2, 0.25) is 0 Å². The Bertz CT molecular complexity index is 812. The van der Waals surface area contributed by atoms with Gasteiger partial charge in [0.1, 0.15) is 0 Å². The predicted molar refractivity (Wildman–Crippen MR) is 98.8 cm³/mol. The van der Waals surface area contributed by atoms with E-state index in [9.17, 15) is 0 Å². The van der Waals surface area contributed by atoms with Gasteiger partial charge in [0.05, 0.1) is 0 Å². The summed E-state index contributed by atoms with van der Waals surface area (Å²) in [6.45, 7) is 0. The number of hydrogen-bond acceptors (Lipinski definition) is 0. The normalized spacial score (nSPS) is 15.0. The van der Waals surface area contributed by atoms with Gasteiger partial charge in [0.15, 0.2) is 0 Å². The van der Waals surface area contributed by atoms with Crippen LogP contribution in [0.2, 0.25) is 0 Å². The summed E-state index contributed by atoms with van der Waals surface area (Å²) < 4.78 is 6.44. The molecule has 1 heterocycles. The Morgan fingerprint density at radius 2 is 1.68 bits per heavy atom. The van der Waals surface area contributed by atoms with Crippen LogP contribution in [0.25, 0.3) is 15.2 Å². The SMILES string of the molecule is C1=C(c2[se]c3ccccc3c2[Se]c2ccccc2)CCCC1. The first-order valence-corrected chi connectivity index (χ1v) is 11.3. The molecule has 22 heavy (non-hydrogen) atoms. The molecule has 0 nitrogen and oxygen atoms in total. The average molecular weight is 416 g/mol. The quantitative estimate of drug-likeness (QED) is 0.574.